The number of aliphatic hydroxyl groups is 1. The number of nitrogens with zero attached hydrogens (tertiary/aromatic N) is 1. The standard InChI is InChI=1S/C26H26N2O4/c29-18-26(16-23(30)27-25(26)32)17-24(31)28-14-12-22(13-15-28)21-10-8-20(9-11-21)7-6-19-4-2-1-3-5-19/h1-5,8-11,22,29H,12-18H2,(H,27,30,32). The molecule has 6 nitrogen and oxygen atoms in total. The van der Waals surface area contributed by atoms with E-state index in [-0.39, 0.29) is 18.7 Å². The van der Waals surface area contributed by atoms with E-state index in [1.54, 1.807) is 4.90 Å². The van der Waals surface area contributed by atoms with Crippen LogP contribution in [-0.2, 0) is 14.4 Å². The van der Waals surface area contributed by atoms with Gasteiger partial charge in [-0.3, -0.25) is 19.7 Å². The zero-order valence-electron chi connectivity index (χ0n) is 17.8. The van der Waals surface area contributed by atoms with Gasteiger partial charge in [0.25, 0.3) is 0 Å². The Bertz CT molecular complexity index is 1060. The van der Waals surface area contributed by atoms with Crippen molar-refractivity contribution in [3.05, 3.63) is 71.3 Å². The molecule has 6 heteroatoms. The van der Waals surface area contributed by atoms with Crippen LogP contribution in [0.3, 0.4) is 0 Å². The van der Waals surface area contributed by atoms with Gasteiger partial charge in [0.05, 0.1) is 12.0 Å². The number of amides is 3. The zero-order chi connectivity index (χ0) is 22.6. The minimum Gasteiger partial charge on any atom is -0.395 e. The first-order valence-electron chi connectivity index (χ1n) is 10.9. The lowest BCUT2D eigenvalue weighted by Gasteiger charge is -2.34. The van der Waals surface area contributed by atoms with Crippen LogP contribution in [0.2, 0.25) is 0 Å². The van der Waals surface area contributed by atoms with Crippen LogP contribution in [0.25, 0.3) is 0 Å². The molecule has 164 valence electrons. The second kappa shape index (κ2) is 9.37. The molecule has 1 atom stereocenters. The molecule has 2 fully saturated rings. The first-order chi connectivity index (χ1) is 15.5. The third kappa shape index (κ3) is 4.74. The van der Waals surface area contributed by atoms with E-state index in [0.29, 0.717) is 19.0 Å². The fourth-order valence-electron chi connectivity index (χ4n) is 4.39. The Balaban J connectivity index is 1.33. The van der Waals surface area contributed by atoms with Gasteiger partial charge in [0.15, 0.2) is 0 Å². The van der Waals surface area contributed by atoms with E-state index in [9.17, 15) is 19.5 Å². The molecule has 0 saturated carbocycles. The molecule has 0 radical (unpaired) electrons. The largest absolute Gasteiger partial charge is 0.395 e. The fourth-order valence-corrected chi connectivity index (χ4v) is 4.39. The summed E-state index contributed by atoms with van der Waals surface area (Å²) in [5.74, 6) is 5.53. The summed E-state index contributed by atoms with van der Waals surface area (Å²) in [5, 5.41) is 11.9. The van der Waals surface area contributed by atoms with Gasteiger partial charge < -0.3 is 10.0 Å². The van der Waals surface area contributed by atoms with Crippen molar-refractivity contribution in [2.45, 2.75) is 31.6 Å². The normalized spacial score (nSPS) is 21.1. The lowest BCUT2D eigenvalue weighted by atomic mass is 9.82. The monoisotopic (exact) mass is 430 g/mol. The van der Waals surface area contributed by atoms with Gasteiger partial charge in [0, 0.05) is 37.1 Å². The van der Waals surface area contributed by atoms with E-state index in [2.05, 4.69) is 29.3 Å². The summed E-state index contributed by atoms with van der Waals surface area (Å²) in [6, 6.07) is 18.1. The number of hydrogen-bond acceptors (Lipinski definition) is 4. The maximum atomic E-state index is 12.8. The van der Waals surface area contributed by atoms with Gasteiger partial charge in [0.1, 0.15) is 0 Å². The van der Waals surface area contributed by atoms with Crippen molar-refractivity contribution >= 4 is 17.7 Å². The number of likely N-dealkylation sites (tertiary alicyclic amines) is 1. The maximum absolute atomic E-state index is 12.8. The number of hydrogen-bond donors (Lipinski definition) is 2. The summed E-state index contributed by atoms with van der Waals surface area (Å²) in [6.07, 6.45) is 1.39. The third-order valence-electron chi connectivity index (χ3n) is 6.38. The quantitative estimate of drug-likeness (QED) is 0.575. The SMILES string of the molecule is O=C1CC(CO)(CC(=O)N2CCC(c3ccc(C#Cc4ccccc4)cc3)CC2)C(=O)N1. The molecule has 0 aliphatic carbocycles. The molecule has 0 spiro atoms. The Kier molecular flexibility index (Phi) is 6.38. The molecule has 1 unspecified atom stereocenters. The Labute approximate surface area is 187 Å². The van der Waals surface area contributed by atoms with Crippen molar-refractivity contribution in [3.8, 4) is 11.8 Å². The molecule has 4 rings (SSSR count). The summed E-state index contributed by atoms with van der Waals surface area (Å²) in [6.45, 7) is 0.679. The van der Waals surface area contributed by atoms with E-state index in [4.69, 9.17) is 0 Å². The number of rotatable bonds is 4. The number of carbonyl (C=O) groups excluding carboxylic acids is 3. The number of nitrogens with one attached hydrogen (secondary N) is 1. The molecular formula is C26H26N2O4. The van der Waals surface area contributed by atoms with E-state index in [1.165, 1.54) is 5.56 Å². The summed E-state index contributed by atoms with van der Waals surface area (Å²) >= 11 is 0. The van der Waals surface area contributed by atoms with E-state index in [0.717, 1.165) is 24.0 Å². The first-order valence-corrected chi connectivity index (χ1v) is 10.9. The van der Waals surface area contributed by atoms with Crippen LogP contribution in [0.1, 0.15) is 48.3 Å². The summed E-state index contributed by atoms with van der Waals surface area (Å²) < 4.78 is 0. The fraction of sp³-hybridized carbons (Fsp3) is 0.346. The molecule has 2 aliphatic rings. The minimum atomic E-state index is -1.32. The number of aliphatic hydroxyl groups excluding tert-OH is 1. The molecule has 3 amide bonds. The van der Waals surface area contributed by atoms with Gasteiger partial charge in [-0.05, 0) is 48.6 Å². The zero-order valence-corrected chi connectivity index (χ0v) is 17.8. The lowest BCUT2D eigenvalue weighted by Crippen LogP contribution is -2.44. The smallest absolute Gasteiger partial charge is 0.236 e. The molecule has 2 N–H and O–H groups in total. The summed E-state index contributed by atoms with van der Waals surface area (Å²) in [7, 11) is 0. The predicted octanol–water partition coefficient (Wildman–Crippen LogP) is 2.21. The topological polar surface area (TPSA) is 86.7 Å². The predicted molar refractivity (Wildman–Crippen MR) is 119 cm³/mol. The van der Waals surface area contributed by atoms with Crippen molar-refractivity contribution in [2.24, 2.45) is 5.41 Å². The van der Waals surface area contributed by atoms with E-state index >= 15 is 0 Å². The van der Waals surface area contributed by atoms with Gasteiger partial charge in [-0.1, -0.05) is 42.2 Å². The van der Waals surface area contributed by atoms with Gasteiger partial charge in [-0.2, -0.15) is 0 Å². The van der Waals surface area contributed by atoms with Crippen LogP contribution in [0.4, 0.5) is 0 Å². The van der Waals surface area contributed by atoms with Gasteiger partial charge >= 0.3 is 0 Å². The Hall–Kier alpha value is -3.43. The highest BCUT2D eigenvalue weighted by molar-refractivity contribution is 6.07. The van der Waals surface area contributed by atoms with Crippen molar-refractivity contribution in [2.75, 3.05) is 19.7 Å². The van der Waals surface area contributed by atoms with E-state index in [1.807, 2.05) is 42.5 Å². The molecule has 2 heterocycles. The first kappa shape index (κ1) is 21.8. The highest BCUT2D eigenvalue weighted by atomic mass is 16.3. The molecule has 2 aromatic rings. The second-order valence-electron chi connectivity index (χ2n) is 8.56. The molecule has 0 bridgehead atoms. The molecule has 2 aromatic carbocycles. The third-order valence-corrected chi connectivity index (χ3v) is 6.38. The molecule has 2 aliphatic heterocycles. The minimum absolute atomic E-state index is 0.135. The molecular weight excluding hydrogens is 404 g/mol. The second-order valence-corrected chi connectivity index (χ2v) is 8.56. The highest BCUT2D eigenvalue weighted by Crippen LogP contribution is 2.34. The van der Waals surface area contributed by atoms with Gasteiger partial charge in [-0.25, -0.2) is 0 Å². The number of carbonyl (C=O) groups is 3. The summed E-state index contributed by atoms with van der Waals surface area (Å²) in [5.41, 5.74) is 1.86. The summed E-state index contributed by atoms with van der Waals surface area (Å²) in [4.78, 5) is 38.1. The lowest BCUT2D eigenvalue weighted by molar-refractivity contribution is -0.141. The highest BCUT2D eigenvalue weighted by Gasteiger charge is 2.48. The molecule has 0 aromatic heterocycles. The van der Waals surface area contributed by atoms with E-state index < -0.39 is 23.8 Å². The number of piperidine rings is 1. The van der Waals surface area contributed by atoms with Crippen LogP contribution in [0.15, 0.2) is 54.6 Å². The van der Waals surface area contributed by atoms with Crippen LogP contribution < -0.4 is 5.32 Å². The number of imide groups is 1. The van der Waals surface area contributed by atoms with Gasteiger partial charge in [-0.15, -0.1) is 0 Å². The van der Waals surface area contributed by atoms with Gasteiger partial charge in [0.2, 0.25) is 17.7 Å². The van der Waals surface area contributed by atoms with Crippen LogP contribution in [-0.4, -0.2) is 47.4 Å². The van der Waals surface area contributed by atoms with Crippen molar-refractivity contribution < 1.29 is 19.5 Å². The Morgan fingerprint density at radius 1 is 1.00 bits per heavy atom. The maximum Gasteiger partial charge on any atom is 0.236 e. The Morgan fingerprint density at radius 2 is 1.62 bits per heavy atom. The Morgan fingerprint density at radius 3 is 2.19 bits per heavy atom. The van der Waals surface area contributed by atoms with Crippen LogP contribution in [0, 0.1) is 17.3 Å². The van der Waals surface area contributed by atoms with Crippen molar-refractivity contribution in [1.29, 1.82) is 0 Å². The van der Waals surface area contributed by atoms with Crippen LogP contribution >= 0.6 is 0 Å². The van der Waals surface area contributed by atoms with Crippen LogP contribution in [0.5, 0.6) is 0 Å². The average molecular weight is 431 g/mol. The number of benzene rings is 2. The average Bonchev–Trinajstić information content (AvgIpc) is 3.11. The molecule has 32 heavy (non-hydrogen) atoms. The molecule has 2 saturated heterocycles. The van der Waals surface area contributed by atoms with Crippen molar-refractivity contribution in [3.63, 3.8) is 0 Å². The van der Waals surface area contributed by atoms with Crippen molar-refractivity contribution in [1.82, 2.24) is 10.2 Å².